The minimum absolute atomic E-state index is 0.0158. The topological polar surface area (TPSA) is 46.5 Å². The van der Waals surface area contributed by atoms with E-state index in [-0.39, 0.29) is 17.9 Å². The van der Waals surface area contributed by atoms with Crippen LogP contribution in [0.15, 0.2) is 36.4 Å². The molecule has 2 aromatic carbocycles. The molecule has 20 heavy (non-hydrogen) atoms. The molecule has 104 valence electrons. The summed E-state index contributed by atoms with van der Waals surface area (Å²) in [6, 6.07) is 8.54. The molecule has 2 rings (SSSR count). The van der Waals surface area contributed by atoms with Crippen molar-refractivity contribution >= 4 is 29.2 Å². The van der Waals surface area contributed by atoms with Crippen molar-refractivity contribution in [3.63, 3.8) is 0 Å². The zero-order valence-electron chi connectivity index (χ0n) is 10.1. The largest absolute Gasteiger partial charge is 0.485 e. The van der Waals surface area contributed by atoms with E-state index >= 15 is 0 Å². The first-order valence-corrected chi connectivity index (χ1v) is 6.33. The Balaban J connectivity index is 2.22. The van der Waals surface area contributed by atoms with Crippen LogP contribution in [0.25, 0.3) is 0 Å². The van der Waals surface area contributed by atoms with Crippen molar-refractivity contribution in [3.05, 3.63) is 63.4 Å². The van der Waals surface area contributed by atoms with Crippen molar-refractivity contribution in [3.8, 4) is 5.75 Å². The molecule has 0 aromatic heterocycles. The number of benzene rings is 2. The van der Waals surface area contributed by atoms with Crippen LogP contribution in [-0.2, 0) is 6.61 Å². The second-order valence-electron chi connectivity index (χ2n) is 3.96. The lowest BCUT2D eigenvalue weighted by Crippen LogP contribution is -2.05. The predicted molar refractivity (Wildman–Crippen MR) is 74.2 cm³/mol. The summed E-state index contributed by atoms with van der Waals surface area (Å²) in [5, 5.41) is 9.73. The summed E-state index contributed by atoms with van der Waals surface area (Å²) in [4.78, 5) is 11.0. The molecule has 3 nitrogen and oxygen atoms in total. The van der Waals surface area contributed by atoms with Gasteiger partial charge in [0, 0.05) is 0 Å². The SMILES string of the molecule is O=C(O)c1cccc(F)c1OCc1ccc(Cl)c(Cl)c1. The number of halogens is 3. The quantitative estimate of drug-likeness (QED) is 0.909. The lowest BCUT2D eigenvalue weighted by Gasteiger charge is -2.10. The first-order valence-electron chi connectivity index (χ1n) is 5.57. The third kappa shape index (κ3) is 3.21. The minimum atomic E-state index is -1.26. The molecule has 0 unspecified atom stereocenters. The molecule has 0 fully saturated rings. The average molecular weight is 315 g/mol. The van der Waals surface area contributed by atoms with Gasteiger partial charge in [0.2, 0.25) is 0 Å². The molecule has 0 aliphatic rings. The first kappa shape index (κ1) is 14.6. The van der Waals surface area contributed by atoms with Gasteiger partial charge >= 0.3 is 5.97 Å². The molecule has 0 aliphatic heterocycles. The molecule has 1 N–H and O–H groups in total. The molecule has 0 aliphatic carbocycles. The van der Waals surface area contributed by atoms with E-state index in [4.69, 9.17) is 33.0 Å². The number of hydrogen-bond acceptors (Lipinski definition) is 2. The molecular formula is C14H9Cl2FO3. The molecule has 0 saturated carbocycles. The van der Waals surface area contributed by atoms with Crippen LogP contribution in [0.2, 0.25) is 10.0 Å². The second kappa shape index (κ2) is 6.11. The van der Waals surface area contributed by atoms with Gasteiger partial charge in [0.05, 0.1) is 10.0 Å². The Hall–Kier alpha value is -1.78. The van der Waals surface area contributed by atoms with Gasteiger partial charge in [-0.25, -0.2) is 9.18 Å². The van der Waals surface area contributed by atoms with Gasteiger partial charge in [-0.2, -0.15) is 0 Å². The van der Waals surface area contributed by atoms with Gasteiger partial charge < -0.3 is 9.84 Å². The third-order valence-corrected chi connectivity index (χ3v) is 3.30. The number of rotatable bonds is 4. The lowest BCUT2D eigenvalue weighted by atomic mass is 10.2. The van der Waals surface area contributed by atoms with Crippen molar-refractivity contribution in [1.82, 2.24) is 0 Å². The first-order chi connectivity index (χ1) is 9.49. The molecule has 0 heterocycles. The Morgan fingerprint density at radius 2 is 1.95 bits per heavy atom. The van der Waals surface area contributed by atoms with Gasteiger partial charge in [0.15, 0.2) is 11.6 Å². The molecule has 0 radical (unpaired) electrons. The summed E-state index contributed by atoms with van der Waals surface area (Å²) >= 11 is 11.6. The van der Waals surface area contributed by atoms with Crippen molar-refractivity contribution < 1.29 is 19.0 Å². The van der Waals surface area contributed by atoms with E-state index in [9.17, 15) is 9.18 Å². The minimum Gasteiger partial charge on any atom is -0.485 e. The van der Waals surface area contributed by atoms with Gasteiger partial charge in [-0.3, -0.25) is 0 Å². The Kier molecular flexibility index (Phi) is 4.47. The van der Waals surface area contributed by atoms with Crippen LogP contribution in [-0.4, -0.2) is 11.1 Å². The maximum absolute atomic E-state index is 13.6. The van der Waals surface area contributed by atoms with Crippen molar-refractivity contribution in [2.24, 2.45) is 0 Å². The number of carbonyl (C=O) groups is 1. The summed E-state index contributed by atoms with van der Waals surface area (Å²) in [7, 11) is 0. The molecular weight excluding hydrogens is 306 g/mol. The van der Waals surface area contributed by atoms with Gasteiger partial charge in [-0.05, 0) is 29.8 Å². The van der Waals surface area contributed by atoms with Crippen LogP contribution in [0.4, 0.5) is 4.39 Å². The Morgan fingerprint density at radius 3 is 2.60 bits per heavy atom. The molecule has 0 saturated heterocycles. The Bertz CT molecular complexity index is 659. The van der Waals surface area contributed by atoms with Gasteiger partial charge in [0.1, 0.15) is 12.2 Å². The van der Waals surface area contributed by atoms with Crippen molar-refractivity contribution in [1.29, 1.82) is 0 Å². The smallest absolute Gasteiger partial charge is 0.339 e. The summed E-state index contributed by atoms with van der Waals surface area (Å²) in [5.74, 6) is -2.29. The standard InChI is InChI=1S/C14H9Cl2FO3/c15-10-5-4-8(6-11(10)16)7-20-13-9(14(18)19)2-1-3-12(13)17/h1-6H,7H2,(H,18,19). The summed E-state index contributed by atoms with van der Waals surface area (Å²) in [6.07, 6.45) is 0. The van der Waals surface area contributed by atoms with E-state index in [2.05, 4.69) is 0 Å². The molecule has 2 aromatic rings. The predicted octanol–water partition coefficient (Wildman–Crippen LogP) is 4.41. The highest BCUT2D eigenvalue weighted by atomic mass is 35.5. The van der Waals surface area contributed by atoms with Crippen LogP contribution in [0.5, 0.6) is 5.75 Å². The molecule has 0 spiro atoms. The van der Waals surface area contributed by atoms with Crippen LogP contribution in [0.1, 0.15) is 15.9 Å². The van der Waals surface area contributed by atoms with Crippen LogP contribution < -0.4 is 4.74 Å². The summed E-state index contributed by atoms with van der Waals surface area (Å²) in [6.45, 7) is -0.0158. The fraction of sp³-hybridized carbons (Fsp3) is 0.0714. The maximum Gasteiger partial charge on any atom is 0.339 e. The zero-order valence-corrected chi connectivity index (χ0v) is 11.6. The summed E-state index contributed by atoms with van der Waals surface area (Å²) in [5.41, 5.74) is 0.420. The van der Waals surface area contributed by atoms with Crippen molar-refractivity contribution in [2.45, 2.75) is 6.61 Å². The molecule has 0 atom stereocenters. The normalized spacial score (nSPS) is 10.3. The lowest BCUT2D eigenvalue weighted by molar-refractivity contribution is 0.0690. The Morgan fingerprint density at radius 1 is 1.20 bits per heavy atom. The number of para-hydroxylation sites is 1. The maximum atomic E-state index is 13.6. The molecule has 0 amide bonds. The van der Waals surface area contributed by atoms with E-state index in [1.165, 1.54) is 12.1 Å². The summed E-state index contributed by atoms with van der Waals surface area (Å²) < 4.78 is 18.9. The van der Waals surface area contributed by atoms with Crippen molar-refractivity contribution in [2.75, 3.05) is 0 Å². The van der Waals surface area contributed by atoms with Gasteiger partial charge in [-0.1, -0.05) is 35.3 Å². The highest BCUT2D eigenvalue weighted by Crippen LogP contribution is 2.26. The number of carboxylic acids is 1. The zero-order chi connectivity index (χ0) is 14.7. The highest BCUT2D eigenvalue weighted by molar-refractivity contribution is 6.42. The Labute approximate surface area is 124 Å². The fourth-order valence-electron chi connectivity index (χ4n) is 1.61. The van der Waals surface area contributed by atoms with E-state index in [0.717, 1.165) is 6.07 Å². The van der Waals surface area contributed by atoms with Crippen LogP contribution in [0.3, 0.4) is 0 Å². The van der Waals surface area contributed by atoms with Gasteiger partial charge in [-0.15, -0.1) is 0 Å². The number of carboxylic acid groups (broad SMARTS) is 1. The fourth-order valence-corrected chi connectivity index (χ4v) is 1.93. The second-order valence-corrected chi connectivity index (χ2v) is 4.77. The van der Waals surface area contributed by atoms with E-state index in [1.54, 1.807) is 18.2 Å². The molecule has 0 bridgehead atoms. The molecule has 6 heteroatoms. The number of ether oxygens (including phenoxy) is 1. The highest BCUT2D eigenvalue weighted by Gasteiger charge is 2.15. The van der Waals surface area contributed by atoms with E-state index in [1.807, 2.05) is 0 Å². The van der Waals surface area contributed by atoms with E-state index < -0.39 is 11.8 Å². The monoisotopic (exact) mass is 314 g/mol. The third-order valence-electron chi connectivity index (χ3n) is 2.56. The van der Waals surface area contributed by atoms with E-state index in [0.29, 0.717) is 15.6 Å². The number of aromatic carboxylic acids is 1. The average Bonchev–Trinajstić information content (AvgIpc) is 2.40. The van der Waals surface area contributed by atoms with Crippen LogP contribution >= 0.6 is 23.2 Å². The number of hydrogen-bond donors (Lipinski definition) is 1. The van der Waals surface area contributed by atoms with Gasteiger partial charge in [0.25, 0.3) is 0 Å². The van der Waals surface area contributed by atoms with Crippen LogP contribution in [0, 0.1) is 5.82 Å².